The van der Waals surface area contributed by atoms with Crippen LogP contribution in [0.4, 0.5) is 0 Å². The maximum absolute atomic E-state index is 14.7. The minimum Gasteiger partial charge on any atom is -0.375 e. The van der Waals surface area contributed by atoms with Crippen LogP contribution < -0.4 is 0 Å². The van der Waals surface area contributed by atoms with Gasteiger partial charge in [-0.3, -0.25) is 24.1 Å². The molecule has 0 spiro atoms. The van der Waals surface area contributed by atoms with Crippen LogP contribution in [-0.4, -0.2) is 71.6 Å². The van der Waals surface area contributed by atoms with E-state index in [1.807, 2.05) is 4.90 Å². The number of carbonyl (C=O) groups excluding carboxylic acids is 4. The molecule has 7 heteroatoms. The van der Waals surface area contributed by atoms with Gasteiger partial charge in [0, 0.05) is 23.9 Å². The van der Waals surface area contributed by atoms with Crippen molar-refractivity contribution in [1.29, 1.82) is 0 Å². The normalized spacial score (nSPS) is 48.6. The van der Waals surface area contributed by atoms with Crippen molar-refractivity contribution in [3.63, 3.8) is 0 Å². The molecule has 1 saturated heterocycles. The Morgan fingerprint density at radius 1 is 0.536 bits per heavy atom. The number of hydrogen-bond acceptors (Lipinski definition) is 6. The zero-order valence-electron chi connectivity index (χ0n) is 44.7. The molecule has 10 saturated carbocycles. The summed E-state index contributed by atoms with van der Waals surface area (Å²) < 4.78 is 6.99. The van der Waals surface area contributed by atoms with Crippen molar-refractivity contribution >= 4 is 23.4 Å². The average molecular weight is 951 g/mol. The van der Waals surface area contributed by atoms with E-state index < -0.39 is 0 Å². The van der Waals surface area contributed by atoms with Crippen LogP contribution in [0, 0.1) is 106 Å². The molecule has 2 amide bonds. The summed E-state index contributed by atoms with van der Waals surface area (Å²) in [5.41, 5.74) is 0.786. The Morgan fingerprint density at radius 3 is 1.72 bits per heavy atom. The molecule has 16 unspecified atom stereocenters. The summed E-state index contributed by atoms with van der Waals surface area (Å²) in [6.45, 7) is 10.2. The first-order chi connectivity index (χ1) is 33.2. The second-order valence-corrected chi connectivity index (χ2v) is 28.3. The van der Waals surface area contributed by atoms with Crippen molar-refractivity contribution in [3.05, 3.63) is 0 Å². The van der Waals surface area contributed by atoms with Gasteiger partial charge in [0.15, 0.2) is 0 Å². The standard InChI is InChI=1S/C62H98N2O5/c1-37-31-43(22-29-55(37)63(5)6)62(53-13-9-7-11-47(53)48-12-8-10-14-54(48)62)44-23-30-56(38(2)32-44)64-59(67)50-28-26-46(35-52(50)60(64)68)69-45-24-20-42(21-25-45)61(3,4)41-18-15-39(16-19-41)33-40-17-27-49-51(34-40)58(66)36-57(49)65/h37-56H,7-36H2,1-6H3. The summed E-state index contributed by atoms with van der Waals surface area (Å²) in [6.07, 6.45) is 36.7. The Hall–Kier alpha value is -1.60. The van der Waals surface area contributed by atoms with Crippen molar-refractivity contribution in [1.82, 2.24) is 9.80 Å². The number of Topliss-reactive ketones (excluding diaryl/α,β-unsaturated/α-hetero) is 2. The number of ether oxygens (including phenoxy) is 1. The molecule has 11 aliphatic rings. The van der Waals surface area contributed by atoms with Crippen LogP contribution in [0.3, 0.4) is 0 Å². The van der Waals surface area contributed by atoms with Crippen molar-refractivity contribution in [3.8, 4) is 0 Å². The minimum atomic E-state index is -0.184. The molecule has 386 valence electrons. The molecular formula is C62H98N2O5. The summed E-state index contributed by atoms with van der Waals surface area (Å²) in [6, 6.07) is 0.778. The summed E-state index contributed by atoms with van der Waals surface area (Å²) in [7, 11) is 4.63. The fraction of sp³-hybridized carbons (Fsp3) is 0.935. The van der Waals surface area contributed by atoms with E-state index in [0.29, 0.717) is 28.7 Å². The molecular weight excluding hydrogens is 853 g/mol. The molecule has 11 rings (SSSR count). The van der Waals surface area contributed by atoms with E-state index in [-0.39, 0.29) is 71.7 Å². The largest absolute Gasteiger partial charge is 0.375 e. The van der Waals surface area contributed by atoms with Crippen molar-refractivity contribution in [2.75, 3.05) is 14.1 Å². The molecule has 0 aromatic carbocycles. The van der Waals surface area contributed by atoms with Crippen molar-refractivity contribution < 1.29 is 23.9 Å². The predicted molar refractivity (Wildman–Crippen MR) is 274 cm³/mol. The minimum absolute atomic E-state index is 0.0416. The maximum Gasteiger partial charge on any atom is 0.233 e. The highest BCUT2D eigenvalue weighted by Crippen LogP contribution is 2.72. The Kier molecular flexibility index (Phi) is 14.3. The van der Waals surface area contributed by atoms with Gasteiger partial charge in [-0.05, 0) is 244 Å². The Balaban J connectivity index is 0.681. The van der Waals surface area contributed by atoms with Crippen LogP contribution in [0.5, 0.6) is 0 Å². The number of ketones is 2. The van der Waals surface area contributed by atoms with Gasteiger partial charge in [-0.2, -0.15) is 0 Å². The number of rotatable bonds is 10. The number of hydrogen-bond donors (Lipinski definition) is 0. The van der Waals surface area contributed by atoms with Crippen LogP contribution >= 0.6 is 0 Å². The van der Waals surface area contributed by atoms with Gasteiger partial charge < -0.3 is 9.64 Å². The molecule has 0 N–H and O–H groups in total. The van der Waals surface area contributed by atoms with E-state index >= 15 is 0 Å². The Labute approximate surface area is 419 Å². The van der Waals surface area contributed by atoms with Gasteiger partial charge >= 0.3 is 0 Å². The van der Waals surface area contributed by atoms with E-state index in [4.69, 9.17) is 4.74 Å². The van der Waals surface area contributed by atoms with Crippen molar-refractivity contribution in [2.24, 2.45) is 106 Å². The molecule has 11 fully saturated rings. The number of nitrogens with zero attached hydrogens (tertiary/aromatic N) is 2. The summed E-state index contributed by atoms with van der Waals surface area (Å²) in [5.74, 6) is 9.87. The highest BCUT2D eigenvalue weighted by molar-refractivity contribution is 6.08. The van der Waals surface area contributed by atoms with Gasteiger partial charge in [-0.15, -0.1) is 0 Å². The summed E-state index contributed by atoms with van der Waals surface area (Å²) in [5, 5.41) is 0. The molecule has 0 bridgehead atoms. The van der Waals surface area contributed by atoms with Crippen LogP contribution in [0.15, 0.2) is 0 Å². The average Bonchev–Trinajstić information content (AvgIpc) is 3.91. The number of fused-ring (bicyclic) bond motifs is 5. The van der Waals surface area contributed by atoms with E-state index in [9.17, 15) is 19.2 Å². The fourth-order valence-corrected chi connectivity index (χ4v) is 21.7. The first-order valence-electron chi connectivity index (χ1n) is 30.5. The molecule has 0 aromatic heterocycles. The van der Waals surface area contributed by atoms with E-state index in [1.165, 1.54) is 128 Å². The van der Waals surface area contributed by atoms with E-state index in [1.54, 1.807) is 0 Å². The molecule has 10 aliphatic carbocycles. The maximum atomic E-state index is 14.7. The third-order valence-corrected chi connectivity index (χ3v) is 24.9. The van der Waals surface area contributed by atoms with Crippen LogP contribution in [0.25, 0.3) is 0 Å². The lowest BCUT2D eigenvalue weighted by Crippen LogP contribution is -2.55. The number of carbonyl (C=O) groups is 4. The lowest BCUT2D eigenvalue weighted by molar-refractivity contribution is -0.147. The first kappa shape index (κ1) is 49.6. The Bertz CT molecular complexity index is 1850. The highest BCUT2D eigenvalue weighted by Gasteiger charge is 2.66. The fourth-order valence-electron chi connectivity index (χ4n) is 21.7. The zero-order chi connectivity index (χ0) is 47.9. The molecule has 16 atom stereocenters. The third-order valence-electron chi connectivity index (χ3n) is 24.9. The highest BCUT2D eigenvalue weighted by atomic mass is 16.5. The second-order valence-electron chi connectivity index (χ2n) is 28.3. The quantitative estimate of drug-likeness (QED) is 0.160. The van der Waals surface area contributed by atoms with Crippen LogP contribution in [0.2, 0.25) is 0 Å². The molecule has 69 heavy (non-hydrogen) atoms. The van der Waals surface area contributed by atoms with Gasteiger partial charge in [-0.25, -0.2) is 0 Å². The van der Waals surface area contributed by atoms with Crippen LogP contribution in [-0.2, 0) is 23.9 Å². The van der Waals surface area contributed by atoms with E-state index in [2.05, 4.69) is 46.7 Å². The number of likely N-dealkylation sites (tertiary alicyclic amines) is 1. The van der Waals surface area contributed by atoms with E-state index in [0.717, 1.165) is 117 Å². The SMILES string of the molecule is CC1CC(C2(C3CCC(N4C(=O)C5CCC(OC6CCC(C(C)(C)C7CCC(CC8CCC9C(=O)CC(=O)C9C8)CC7)CC6)CC5C4=O)C(C)C3)C3CCCCC3C3CCCCC32)CCC1N(C)C. The predicted octanol–water partition coefficient (Wildman–Crippen LogP) is 13.3. The number of imide groups is 1. The number of amides is 2. The molecule has 1 heterocycles. The topological polar surface area (TPSA) is 84.0 Å². The third kappa shape index (κ3) is 8.85. The smallest absolute Gasteiger partial charge is 0.233 e. The van der Waals surface area contributed by atoms with Gasteiger partial charge in [0.1, 0.15) is 11.6 Å². The summed E-state index contributed by atoms with van der Waals surface area (Å²) in [4.78, 5) is 58.4. The second kappa shape index (κ2) is 19.9. The van der Waals surface area contributed by atoms with Gasteiger partial charge in [0.2, 0.25) is 11.8 Å². The molecule has 0 aromatic rings. The molecule has 1 aliphatic heterocycles. The lowest BCUT2D eigenvalue weighted by Gasteiger charge is -2.59. The van der Waals surface area contributed by atoms with Gasteiger partial charge in [-0.1, -0.05) is 66.2 Å². The first-order valence-corrected chi connectivity index (χ1v) is 30.5. The Morgan fingerprint density at radius 2 is 1.09 bits per heavy atom. The van der Waals surface area contributed by atoms with Gasteiger partial charge in [0.25, 0.3) is 0 Å². The van der Waals surface area contributed by atoms with Crippen molar-refractivity contribution in [2.45, 2.75) is 245 Å². The lowest BCUT2D eigenvalue weighted by atomic mass is 9.47. The van der Waals surface area contributed by atoms with Crippen LogP contribution in [0.1, 0.15) is 220 Å². The van der Waals surface area contributed by atoms with Gasteiger partial charge in [0.05, 0.1) is 30.5 Å². The molecule has 7 nitrogen and oxygen atoms in total. The zero-order valence-corrected chi connectivity index (χ0v) is 44.7. The molecule has 0 radical (unpaired) electrons. The summed E-state index contributed by atoms with van der Waals surface area (Å²) >= 11 is 0. The monoisotopic (exact) mass is 951 g/mol.